The topological polar surface area (TPSA) is 61.7 Å². The molecule has 0 spiro atoms. The first-order valence-electron chi connectivity index (χ1n) is 3.93. The number of hydrogen-bond donors (Lipinski definition) is 0. The van der Waals surface area contributed by atoms with E-state index in [0.717, 1.165) is 10.0 Å². The molecule has 0 aliphatic carbocycles. The number of rotatable bonds is 2. The van der Waals surface area contributed by atoms with Crippen LogP contribution in [0.2, 0.25) is 0 Å². The van der Waals surface area contributed by atoms with Crippen molar-refractivity contribution < 1.29 is 0 Å². The van der Waals surface area contributed by atoms with Crippen LogP contribution in [0.15, 0.2) is 28.0 Å². The number of nitrogens with zero attached hydrogens (tertiary/aromatic N) is 4. The van der Waals surface area contributed by atoms with Gasteiger partial charge in [-0.1, -0.05) is 17.0 Å². The van der Waals surface area contributed by atoms with E-state index in [2.05, 4.69) is 42.8 Å². The van der Waals surface area contributed by atoms with Gasteiger partial charge < -0.3 is 0 Å². The van der Waals surface area contributed by atoms with Crippen LogP contribution in [-0.4, -0.2) is 11.5 Å². The fraction of sp³-hybridized carbons (Fsp3) is 0.222. The van der Waals surface area contributed by atoms with Crippen molar-refractivity contribution in [3.05, 3.63) is 38.9 Å². The van der Waals surface area contributed by atoms with E-state index in [1.807, 2.05) is 6.07 Å². The van der Waals surface area contributed by atoms with Crippen molar-refractivity contribution in [2.45, 2.75) is 6.42 Å². The Kier molecular flexibility index (Phi) is 4.56. The van der Waals surface area contributed by atoms with E-state index in [1.165, 1.54) is 0 Å². The van der Waals surface area contributed by atoms with Gasteiger partial charge in [0.2, 0.25) is 0 Å². The molecule has 0 fully saturated rings. The minimum atomic E-state index is 0.408. The molecule has 0 amide bonds. The van der Waals surface area contributed by atoms with Crippen LogP contribution in [0.1, 0.15) is 12.0 Å². The van der Waals surface area contributed by atoms with E-state index < -0.39 is 0 Å². The average molecular weight is 251 g/mol. The summed E-state index contributed by atoms with van der Waals surface area (Å²) in [5.74, 6) is 5.81. The molecular formula is C9H7BrN4. The highest BCUT2D eigenvalue weighted by atomic mass is 79.9. The molecule has 0 N–H and O–H groups in total. The smallest absolute Gasteiger partial charge is 0.0439 e. The lowest BCUT2D eigenvalue weighted by Crippen LogP contribution is -1.78. The first-order chi connectivity index (χ1) is 6.83. The molecule has 0 aliphatic heterocycles. The van der Waals surface area contributed by atoms with Crippen LogP contribution in [-0.2, 0) is 0 Å². The summed E-state index contributed by atoms with van der Waals surface area (Å²) in [6, 6.07) is 1.88. The third kappa shape index (κ3) is 3.94. The Hall–Kier alpha value is -1.50. The van der Waals surface area contributed by atoms with Crippen molar-refractivity contribution in [3.8, 4) is 11.8 Å². The van der Waals surface area contributed by atoms with Gasteiger partial charge in [0.15, 0.2) is 0 Å². The van der Waals surface area contributed by atoms with Crippen molar-refractivity contribution in [3.63, 3.8) is 0 Å². The van der Waals surface area contributed by atoms with Crippen molar-refractivity contribution in [1.82, 2.24) is 4.98 Å². The molecule has 4 nitrogen and oxygen atoms in total. The van der Waals surface area contributed by atoms with Gasteiger partial charge in [0.1, 0.15) is 0 Å². The second-order valence-electron chi connectivity index (χ2n) is 2.40. The molecule has 70 valence electrons. The highest BCUT2D eigenvalue weighted by Crippen LogP contribution is 2.08. The van der Waals surface area contributed by atoms with Crippen LogP contribution in [0.4, 0.5) is 0 Å². The lowest BCUT2D eigenvalue weighted by Gasteiger charge is -1.89. The van der Waals surface area contributed by atoms with Gasteiger partial charge in [-0.15, -0.1) is 0 Å². The summed E-state index contributed by atoms with van der Waals surface area (Å²) in [7, 11) is 0. The largest absolute Gasteiger partial charge is 0.262 e. The lowest BCUT2D eigenvalue weighted by atomic mass is 10.3. The Balaban J connectivity index is 2.54. The van der Waals surface area contributed by atoms with Gasteiger partial charge in [0.05, 0.1) is 0 Å². The molecule has 0 aliphatic rings. The highest BCUT2D eigenvalue weighted by Gasteiger charge is 1.88. The fourth-order valence-corrected chi connectivity index (χ4v) is 1.16. The highest BCUT2D eigenvalue weighted by molar-refractivity contribution is 9.10. The minimum absolute atomic E-state index is 0.408. The molecule has 0 saturated heterocycles. The second-order valence-corrected chi connectivity index (χ2v) is 3.31. The molecule has 1 rings (SSSR count). The zero-order valence-electron chi connectivity index (χ0n) is 7.31. The van der Waals surface area contributed by atoms with Gasteiger partial charge in [-0.05, 0) is 27.5 Å². The first kappa shape index (κ1) is 10.6. The van der Waals surface area contributed by atoms with Gasteiger partial charge in [-0.25, -0.2) is 0 Å². The van der Waals surface area contributed by atoms with Gasteiger partial charge in [-0.2, -0.15) is 0 Å². The normalized spacial score (nSPS) is 8.36. The number of aromatic nitrogens is 1. The minimum Gasteiger partial charge on any atom is -0.262 e. The van der Waals surface area contributed by atoms with Crippen LogP contribution in [0.3, 0.4) is 0 Å². The van der Waals surface area contributed by atoms with Crippen LogP contribution in [0.5, 0.6) is 0 Å². The molecular weight excluding hydrogens is 244 g/mol. The van der Waals surface area contributed by atoms with Crippen LogP contribution >= 0.6 is 15.9 Å². The Bertz CT molecular complexity index is 412. The van der Waals surface area contributed by atoms with E-state index in [4.69, 9.17) is 5.53 Å². The maximum absolute atomic E-state index is 8.01. The van der Waals surface area contributed by atoms with E-state index >= 15 is 0 Å². The van der Waals surface area contributed by atoms with E-state index in [0.29, 0.717) is 13.0 Å². The Labute approximate surface area is 90.1 Å². The molecule has 0 unspecified atom stereocenters. The standard InChI is InChI=1S/C9H7BrN4/c10-9-5-8(6-12-7-9)3-1-2-4-13-14-11/h5-7H,2,4H2. The predicted molar refractivity (Wildman–Crippen MR) is 57.4 cm³/mol. The maximum atomic E-state index is 8.01. The second kappa shape index (κ2) is 6.03. The van der Waals surface area contributed by atoms with Crippen molar-refractivity contribution in [1.29, 1.82) is 0 Å². The molecule has 14 heavy (non-hydrogen) atoms. The number of hydrogen-bond acceptors (Lipinski definition) is 2. The first-order valence-corrected chi connectivity index (χ1v) is 4.72. The molecule has 0 saturated carbocycles. The number of halogens is 1. The molecule has 5 heteroatoms. The molecule has 0 bridgehead atoms. The summed E-state index contributed by atoms with van der Waals surface area (Å²) in [5.41, 5.74) is 8.86. The SMILES string of the molecule is [N-]=[N+]=NCCC#Cc1cncc(Br)c1. The zero-order valence-corrected chi connectivity index (χ0v) is 8.90. The molecule has 0 radical (unpaired) electrons. The molecule has 1 heterocycles. The third-order valence-electron chi connectivity index (χ3n) is 1.34. The van der Waals surface area contributed by atoms with E-state index in [-0.39, 0.29) is 0 Å². The van der Waals surface area contributed by atoms with E-state index in [9.17, 15) is 0 Å². The van der Waals surface area contributed by atoms with Crippen molar-refractivity contribution in [2.24, 2.45) is 5.11 Å². The maximum Gasteiger partial charge on any atom is 0.0439 e. The Morgan fingerprint density at radius 1 is 1.57 bits per heavy atom. The van der Waals surface area contributed by atoms with Crippen LogP contribution < -0.4 is 0 Å². The van der Waals surface area contributed by atoms with Gasteiger partial charge >= 0.3 is 0 Å². The molecule has 0 atom stereocenters. The summed E-state index contributed by atoms with van der Waals surface area (Å²) >= 11 is 3.30. The fourth-order valence-electron chi connectivity index (χ4n) is 0.795. The van der Waals surface area contributed by atoms with Crippen molar-refractivity contribution in [2.75, 3.05) is 6.54 Å². The zero-order chi connectivity index (χ0) is 10.2. The summed E-state index contributed by atoms with van der Waals surface area (Å²) in [4.78, 5) is 6.60. The molecule has 1 aromatic rings. The predicted octanol–water partition coefficient (Wildman–Crippen LogP) is 2.90. The summed E-state index contributed by atoms with van der Waals surface area (Å²) in [5, 5.41) is 3.37. The summed E-state index contributed by atoms with van der Waals surface area (Å²) < 4.78 is 0.902. The van der Waals surface area contributed by atoms with Crippen LogP contribution in [0.25, 0.3) is 10.4 Å². The van der Waals surface area contributed by atoms with Gasteiger partial charge in [-0.3, -0.25) is 4.98 Å². The van der Waals surface area contributed by atoms with Crippen molar-refractivity contribution >= 4 is 15.9 Å². The van der Waals surface area contributed by atoms with Gasteiger partial charge in [0.25, 0.3) is 0 Å². The molecule has 1 aromatic heterocycles. The monoisotopic (exact) mass is 250 g/mol. The summed E-state index contributed by atoms with van der Waals surface area (Å²) in [6.45, 7) is 0.408. The number of azide groups is 1. The van der Waals surface area contributed by atoms with Gasteiger partial charge in [0, 0.05) is 40.3 Å². The third-order valence-corrected chi connectivity index (χ3v) is 1.77. The lowest BCUT2D eigenvalue weighted by molar-refractivity contribution is 1.01. The number of pyridine rings is 1. The van der Waals surface area contributed by atoms with E-state index in [1.54, 1.807) is 12.4 Å². The quantitative estimate of drug-likeness (QED) is 0.262. The Morgan fingerprint density at radius 3 is 3.14 bits per heavy atom. The van der Waals surface area contributed by atoms with Crippen LogP contribution in [0, 0.1) is 11.8 Å². The average Bonchev–Trinajstić information content (AvgIpc) is 2.18. The molecule has 0 aromatic carbocycles. The summed E-state index contributed by atoms with van der Waals surface area (Å²) in [6.07, 6.45) is 3.95. The Morgan fingerprint density at radius 2 is 2.43 bits per heavy atom.